The number of para-hydroxylation sites is 1. The quantitative estimate of drug-likeness (QED) is 0.771. The molecule has 1 unspecified atom stereocenters. The van der Waals surface area contributed by atoms with Crippen LogP contribution in [0.5, 0.6) is 0 Å². The molecule has 3 N–H and O–H groups in total. The zero-order valence-electron chi connectivity index (χ0n) is 10.9. The van der Waals surface area contributed by atoms with Crippen LogP contribution in [0.25, 0.3) is 0 Å². The molecule has 0 fully saturated rings. The van der Waals surface area contributed by atoms with E-state index >= 15 is 0 Å². The molecule has 2 amide bonds. The Morgan fingerprint density at radius 1 is 1.32 bits per heavy atom. The lowest BCUT2D eigenvalue weighted by Gasteiger charge is -2.14. The summed E-state index contributed by atoms with van der Waals surface area (Å²) in [6.45, 7) is 3.91. The average molecular weight is 272 g/mol. The molecule has 1 atom stereocenters. The molecule has 0 saturated carbocycles. The Morgan fingerprint density at radius 2 is 1.89 bits per heavy atom. The van der Waals surface area contributed by atoms with Gasteiger partial charge in [0.05, 0.1) is 6.10 Å². The van der Waals surface area contributed by atoms with Crippen LogP contribution in [0.1, 0.15) is 20.3 Å². The lowest BCUT2D eigenvalue weighted by molar-refractivity contribution is 0.148. The molecule has 1 rings (SSSR count). The van der Waals surface area contributed by atoms with Gasteiger partial charge in [0.15, 0.2) is 0 Å². The topological polar surface area (TPSA) is 61.4 Å². The molecule has 106 valence electrons. The van der Waals surface area contributed by atoms with Gasteiger partial charge in [-0.25, -0.2) is 13.6 Å². The van der Waals surface area contributed by atoms with Crippen molar-refractivity contribution in [1.29, 1.82) is 0 Å². The average Bonchev–Trinajstić information content (AvgIpc) is 2.30. The Morgan fingerprint density at radius 3 is 2.42 bits per heavy atom. The van der Waals surface area contributed by atoms with E-state index in [4.69, 9.17) is 0 Å². The Kier molecular flexibility index (Phi) is 5.69. The van der Waals surface area contributed by atoms with Crippen molar-refractivity contribution in [2.45, 2.75) is 26.4 Å². The van der Waals surface area contributed by atoms with Gasteiger partial charge < -0.3 is 15.7 Å². The molecule has 0 aliphatic heterocycles. The fraction of sp³-hybridized carbons (Fsp3) is 0.462. The lowest BCUT2D eigenvalue weighted by atomic mass is 10.1. The highest BCUT2D eigenvalue weighted by molar-refractivity contribution is 5.89. The normalized spacial score (nSPS) is 12.3. The van der Waals surface area contributed by atoms with Crippen LogP contribution in [0, 0.1) is 17.6 Å². The van der Waals surface area contributed by atoms with Gasteiger partial charge in [-0.05, 0) is 24.5 Å². The number of amides is 2. The predicted molar refractivity (Wildman–Crippen MR) is 68.8 cm³/mol. The molecule has 0 heterocycles. The Hall–Kier alpha value is -1.69. The second-order valence-corrected chi connectivity index (χ2v) is 4.72. The third-order valence-electron chi connectivity index (χ3n) is 2.44. The maximum atomic E-state index is 13.2. The van der Waals surface area contributed by atoms with E-state index in [1.54, 1.807) is 0 Å². The van der Waals surface area contributed by atoms with Crippen LogP contribution in [0.3, 0.4) is 0 Å². The number of carbonyl (C=O) groups is 1. The van der Waals surface area contributed by atoms with Crippen molar-refractivity contribution in [2.75, 3.05) is 11.9 Å². The number of urea groups is 1. The van der Waals surface area contributed by atoms with Crippen LogP contribution in [0.15, 0.2) is 18.2 Å². The van der Waals surface area contributed by atoms with Gasteiger partial charge in [-0.2, -0.15) is 0 Å². The molecule has 1 aromatic carbocycles. The second-order valence-electron chi connectivity index (χ2n) is 4.72. The third-order valence-corrected chi connectivity index (χ3v) is 2.44. The summed E-state index contributed by atoms with van der Waals surface area (Å²) >= 11 is 0. The summed E-state index contributed by atoms with van der Waals surface area (Å²) in [5.74, 6) is -1.40. The molecular formula is C13H18F2N2O2. The minimum Gasteiger partial charge on any atom is -0.391 e. The highest BCUT2D eigenvalue weighted by atomic mass is 19.1. The van der Waals surface area contributed by atoms with E-state index in [0.717, 1.165) is 12.1 Å². The van der Waals surface area contributed by atoms with Crippen molar-refractivity contribution in [3.63, 3.8) is 0 Å². The first-order valence-corrected chi connectivity index (χ1v) is 6.07. The molecule has 0 saturated heterocycles. The number of halogens is 2. The van der Waals surface area contributed by atoms with Crippen LogP contribution < -0.4 is 10.6 Å². The molecule has 0 aliphatic rings. The van der Waals surface area contributed by atoms with E-state index in [9.17, 15) is 18.7 Å². The monoisotopic (exact) mass is 272 g/mol. The number of carbonyl (C=O) groups excluding carboxylic acids is 1. The van der Waals surface area contributed by atoms with Crippen LogP contribution in [-0.2, 0) is 0 Å². The van der Waals surface area contributed by atoms with Crippen LogP contribution in [-0.4, -0.2) is 23.8 Å². The van der Waals surface area contributed by atoms with Gasteiger partial charge in [0.2, 0.25) is 0 Å². The van der Waals surface area contributed by atoms with Crippen LogP contribution in [0.2, 0.25) is 0 Å². The predicted octanol–water partition coefficient (Wildman–Crippen LogP) is 2.49. The van der Waals surface area contributed by atoms with E-state index in [-0.39, 0.29) is 6.54 Å². The number of aliphatic hydroxyl groups is 1. The van der Waals surface area contributed by atoms with Gasteiger partial charge in [-0.3, -0.25) is 0 Å². The van der Waals surface area contributed by atoms with Gasteiger partial charge >= 0.3 is 6.03 Å². The van der Waals surface area contributed by atoms with Gasteiger partial charge in [-0.15, -0.1) is 0 Å². The Balaban J connectivity index is 2.48. The maximum Gasteiger partial charge on any atom is 0.319 e. The van der Waals surface area contributed by atoms with E-state index in [1.807, 2.05) is 13.8 Å². The fourth-order valence-corrected chi connectivity index (χ4v) is 1.61. The molecule has 6 heteroatoms. The first-order chi connectivity index (χ1) is 8.90. The first kappa shape index (κ1) is 15.4. The summed E-state index contributed by atoms with van der Waals surface area (Å²) in [5, 5.41) is 14.0. The standard InChI is InChI=1S/C13H18F2N2O2/c1-8(2)6-9(18)7-16-13(19)17-12-10(14)4-3-5-11(12)15/h3-5,8-9,18H,6-7H2,1-2H3,(H2,16,17,19). The maximum absolute atomic E-state index is 13.2. The summed E-state index contributed by atoms with van der Waals surface area (Å²) < 4.78 is 26.5. The Bertz CT molecular complexity index is 418. The van der Waals surface area contributed by atoms with Crippen molar-refractivity contribution in [2.24, 2.45) is 5.92 Å². The number of hydrogen-bond donors (Lipinski definition) is 3. The molecule has 0 aromatic heterocycles. The molecule has 0 spiro atoms. The van der Waals surface area contributed by atoms with E-state index in [0.29, 0.717) is 12.3 Å². The van der Waals surface area contributed by atoms with Crippen molar-refractivity contribution in [3.8, 4) is 0 Å². The van der Waals surface area contributed by atoms with Gasteiger partial charge in [0, 0.05) is 6.54 Å². The lowest BCUT2D eigenvalue weighted by Crippen LogP contribution is -2.36. The Labute approximate surface area is 110 Å². The third kappa shape index (κ3) is 5.21. The fourth-order valence-electron chi connectivity index (χ4n) is 1.61. The highest BCUT2D eigenvalue weighted by Crippen LogP contribution is 2.17. The summed E-state index contributed by atoms with van der Waals surface area (Å²) in [4.78, 5) is 11.4. The van der Waals surface area contributed by atoms with Crippen LogP contribution >= 0.6 is 0 Å². The summed E-state index contributed by atoms with van der Waals surface area (Å²) in [7, 11) is 0. The summed E-state index contributed by atoms with van der Waals surface area (Å²) in [5.41, 5.74) is -0.502. The molecule has 0 bridgehead atoms. The van der Waals surface area contributed by atoms with Gasteiger partial charge in [0.25, 0.3) is 0 Å². The largest absolute Gasteiger partial charge is 0.391 e. The first-order valence-electron chi connectivity index (χ1n) is 6.07. The van der Waals surface area contributed by atoms with Crippen molar-refractivity contribution in [3.05, 3.63) is 29.8 Å². The number of rotatable bonds is 5. The molecule has 19 heavy (non-hydrogen) atoms. The zero-order valence-corrected chi connectivity index (χ0v) is 10.9. The number of anilines is 1. The number of hydrogen-bond acceptors (Lipinski definition) is 2. The van der Waals surface area contributed by atoms with Gasteiger partial charge in [-0.1, -0.05) is 19.9 Å². The van der Waals surface area contributed by atoms with Crippen molar-refractivity contribution in [1.82, 2.24) is 5.32 Å². The molecule has 1 aromatic rings. The molecule has 0 aliphatic carbocycles. The van der Waals surface area contributed by atoms with Crippen LogP contribution in [0.4, 0.5) is 19.3 Å². The van der Waals surface area contributed by atoms with E-state index < -0.39 is 29.5 Å². The van der Waals surface area contributed by atoms with Crippen molar-refractivity contribution >= 4 is 11.7 Å². The van der Waals surface area contributed by atoms with Crippen molar-refractivity contribution < 1.29 is 18.7 Å². The minimum absolute atomic E-state index is 0.0279. The summed E-state index contributed by atoms with van der Waals surface area (Å²) in [6.07, 6.45) is -0.148. The molecule has 0 radical (unpaired) electrons. The van der Waals surface area contributed by atoms with E-state index in [2.05, 4.69) is 10.6 Å². The number of benzene rings is 1. The van der Waals surface area contributed by atoms with E-state index in [1.165, 1.54) is 6.07 Å². The zero-order chi connectivity index (χ0) is 14.4. The summed E-state index contributed by atoms with van der Waals surface area (Å²) in [6, 6.07) is 2.55. The van der Waals surface area contributed by atoms with Gasteiger partial charge in [0.1, 0.15) is 17.3 Å². The molecule has 4 nitrogen and oxygen atoms in total. The minimum atomic E-state index is -0.849. The second kappa shape index (κ2) is 7.04. The molecular weight excluding hydrogens is 254 g/mol. The smallest absolute Gasteiger partial charge is 0.319 e. The SMILES string of the molecule is CC(C)CC(O)CNC(=O)Nc1c(F)cccc1F. The highest BCUT2D eigenvalue weighted by Gasteiger charge is 2.13. The number of nitrogens with one attached hydrogen (secondary N) is 2. The number of aliphatic hydroxyl groups excluding tert-OH is 1.